The van der Waals surface area contributed by atoms with Crippen LogP contribution in [0.15, 0.2) is 89.3 Å². The number of rotatable bonds is 7. The van der Waals surface area contributed by atoms with Crippen molar-refractivity contribution in [2.75, 3.05) is 6.61 Å². The van der Waals surface area contributed by atoms with Gasteiger partial charge in [0.15, 0.2) is 6.61 Å². The van der Waals surface area contributed by atoms with Gasteiger partial charge in [0.05, 0.1) is 6.21 Å². The van der Waals surface area contributed by atoms with Crippen LogP contribution in [0, 0.1) is 0 Å². The Kier molecular flexibility index (Phi) is 6.35. The Labute approximate surface area is 182 Å². The summed E-state index contributed by atoms with van der Waals surface area (Å²) < 4.78 is 10.9. The first-order valence-corrected chi connectivity index (χ1v) is 10.4. The van der Waals surface area contributed by atoms with Gasteiger partial charge in [-0.15, -0.1) is 11.3 Å². The second kappa shape index (κ2) is 9.69. The molecule has 4 rings (SSSR count). The minimum atomic E-state index is -0.394. The molecule has 0 saturated heterocycles. The van der Waals surface area contributed by atoms with Crippen molar-refractivity contribution in [1.29, 1.82) is 0 Å². The van der Waals surface area contributed by atoms with E-state index in [1.54, 1.807) is 36.4 Å². The number of hydrogen-bond acceptors (Lipinski definition) is 6. The van der Waals surface area contributed by atoms with E-state index in [0.29, 0.717) is 16.4 Å². The van der Waals surface area contributed by atoms with Crippen molar-refractivity contribution >= 4 is 40.2 Å². The predicted molar refractivity (Wildman–Crippen MR) is 121 cm³/mol. The normalized spacial score (nSPS) is 10.8. The molecule has 0 atom stereocenters. The monoisotopic (exact) mass is 430 g/mol. The number of thiophene rings is 1. The maximum Gasteiger partial charge on any atom is 0.353 e. The average molecular weight is 430 g/mol. The molecular formula is C24H18N2O4S. The van der Waals surface area contributed by atoms with Crippen molar-refractivity contribution in [2.45, 2.75) is 0 Å². The zero-order valence-electron chi connectivity index (χ0n) is 16.4. The summed E-state index contributed by atoms with van der Waals surface area (Å²) in [7, 11) is 0. The molecule has 6 nitrogen and oxygen atoms in total. The Morgan fingerprint density at radius 3 is 2.55 bits per heavy atom. The summed E-state index contributed by atoms with van der Waals surface area (Å²) in [5.41, 5.74) is 3.18. The summed E-state index contributed by atoms with van der Waals surface area (Å²) in [5.74, 6) is 0.313. The van der Waals surface area contributed by atoms with Gasteiger partial charge in [0.2, 0.25) is 0 Å². The third kappa shape index (κ3) is 5.34. The van der Waals surface area contributed by atoms with Gasteiger partial charge in [-0.05, 0) is 52.7 Å². The van der Waals surface area contributed by atoms with Gasteiger partial charge in [-0.25, -0.2) is 10.2 Å². The molecule has 0 radical (unpaired) electrons. The van der Waals surface area contributed by atoms with E-state index in [4.69, 9.17) is 9.47 Å². The maximum atomic E-state index is 12.0. The van der Waals surface area contributed by atoms with E-state index in [2.05, 4.69) is 10.5 Å². The second-order valence-corrected chi connectivity index (χ2v) is 7.44. The molecule has 0 saturated carbocycles. The van der Waals surface area contributed by atoms with Gasteiger partial charge in [-0.2, -0.15) is 5.10 Å². The predicted octanol–water partition coefficient (Wildman–Crippen LogP) is 4.65. The molecule has 0 fully saturated rings. The summed E-state index contributed by atoms with van der Waals surface area (Å²) in [4.78, 5) is 24.5. The van der Waals surface area contributed by atoms with E-state index in [9.17, 15) is 9.59 Å². The second-order valence-electron chi connectivity index (χ2n) is 6.49. The van der Waals surface area contributed by atoms with Crippen molar-refractivity contribution < 1.29 is 19.1 Å². The SMILES string of the molecule is O=C(COc1cccc2ccccc12)N/N=C\c1ccc(OC(=O)c2cccs2)cc1. The van der Waals surface area contributed by atoms with E-state index < -0.39 is 5.97 Å². The van der Waals surface area contributed by atoms with Crippen LogP contribution in [0.2, 0.25) is 0 Å². The van der Waals surface area contributed by atoms with E-state index in [1.165, 1.54) is 17.6 Å². The number of fused-ring (bicyclic) bond motifs is 1. The first-order chi connectivity index (χ1) is 15.2. The molecule has 1 aromatic heterocycles. The fraction of sp³-hybridized carbons (Fsp3) is 0.0417. The Morgan fingerprint density at radius 2 is 1.74 bits per heavy atom. The highest BCUT2D eigenvalue weighted by Gasteiger charge is 2.09. The molecule has 0 aliphatic rings. The molecule has 3 aromatic carbocycles. The van der Waals surface area contributed by atoms with E-state index in [1.807, 2.05) is 47.8 Å². The van der Waals surface area contributed by atoms with Gasteiger partial charge >= 0.3 is 5.97 Å². The van der Waals surface area contributed by atoms with Crippen LogP contribution in [0.4, 0.5) is 0 Å². The molecular weight excluding hydrogens is 412 g/mol. The van der Waals surface area contributed by atoms with Gasteiger partial charge < -0.3 is 9.47 Å². The largest absolute Gasteiger partial charge is 0.483 e. The van der Waals surface area contributed by atoms with Gasteiger partial charge in [-0.3, -0.25) is 4.79 Å². The average Bonchev–Trinajstić information content (AvgIpc) is 3.34. The quantitative estimate of drug-likeness (QED) is 0.200. The molecule has 1 N–H and O–H groups in total. The first kappa shape index (κ1) is 20.3. The maximum absolute atomic E-state index is 12.0. The zero-order valence-corrected chi connectivity index (χ0v) is 17.2. The van der Waals surface area contributed by atoms with Crippen LogP contribution >= 0.6 is 11.3 Å². The van der Waals surface area contributed by atoms with E-state index in [-0.39, 0.29) is 12.5 Å². The molecule has 0 unspecified atom stereocenters. The summed E-state index contributed by atoms with van der Waals surface area (Å²) in [6.45, 7) is -0.150. The molecule has 0 bridgehead atoms. The van der Waals surface area contributed by atoms with Gasteiger partial charge in [0.1, 0.15) is 16.4 Å². The van der Waals surface area contributed by atoms with Crippen molar-refractivity contribution in [1.82, 2.24) is 5.43 Å². The summed E-state index contributed by atoms with van der Waals surface area (Å²) in [5, 5.41) is 7.74. The van der Waals surface area contributed by atoms with Crippen LogP contribution in [-0.2, 0) is 4.79 Å². The number of hydrogen-bond donors (Lipinski definition) is 1. The van der Waals surface area contributed by atoms with Gasteiger partial charge in [-0.1, -0.05) is 42.5 Å². The standard InChI is InChI=1S/C24H18N2O4S/c27-23(16-29-21-8-3-6-18-5-1-2-7-20(18)21)26-25-15-17-10-12-19(13-11-17)30-24(28)22-9-4-14-31-22/h1-15H,16H2,(H,26,27)/b25-15-. The first-order valence-electron chi connectivity index (χ1n) is 9.47. The molecule has 154 valence electrons. The number of benzene rings is 3. The number of esters is 1. The Hall–Kier alpha value is -3.97. The number of amides is 1. The number of carbonyl (C=O) groups excluding carboxylic acids is 2. The van der Waals surface area contributed by atoms with Crippen LogP contribution in [0.1, 0.15) is 15.2 Å². The number of carbonyl (C=O) groups is 2. The number of hydrazone groups is 1. The third-order valence-corrected chi connectivity index (χ3v) is 5.17. The van der Waals surface area contributed by atoms with Crippen molar-refractivity contribution in [3.8, 4) is 11.5 Å². The molecule has 1 heterocycles. The highest BCUT2D eigenvalue weighted by atomic mass is 32.1. The highest BCUT2D eigenvalue weighted by Crippen LogP contribution is 2.25. The van der Waals surface area contributed by atoms with E-state index >= 15 is 0 Å². The summed E-state index contributed by atoms with van der Waals surface area (Å²) >= 11 is 1.32. The van der Waals surface area contributed by atoms with Gasteiger partial charge in [0.25, 0.3) is 5.91 Å². The lowest BCUT2D eigenvalue weighted by atomic mass is 10.1. The van der Waals surface area contributed by atoms with E-state index in [0.717, 1.165) is 16.3 Å². The third-order valence-electron chi connectivity index (χ3n) is 4.32. The fourth-order valence-electron chi connectivity index (χ4n) is 2.85. The lowest BCUT2D eigenvalue weighted by Crippen LogP contribution is -2.24. The summed E-state index contributed by atoms with van der Waals surface area (Å²) in [6, 6.07) is 23.8. The Bertz CT molecular complexity index is 1210. The summed E-state index contributed by atoms with van der Waals surface area (Å²) in [6.07, 6.45) is 1.50. The van der Waals surface area contributed by atoms with Crippen LogP contribution in [0.5, 0.6) is 11.5 Å². The van der Waals surface area contributed by atoms with Crippen LogP contribution < -0.4 is 14.9 Å². The number of nitrogens with zero attached hydrogens (tertiary/aromatic N) is 1. The molecule has 0 aliphatic carbocycles. The lowest BCUT2D eigenvalue weighted by Gasteiger charge is -2.08. The number of nitrogens with one attached hydrogen (secondary N) is 1. The van der Waals surface area contributed by atoms with Crippen LogP contribution in [0.25, 0.3) is 10.8 Å². The molecule has 7 heteroatoms. The number of ether oxygens (including phenoxy) is 2. The Morgan fingerprint density at radius 1 is 0.935 bits per heavy atom. The molecule has 0 spiro atoms. The molecule has 0 aliphatic heterocycles. The topological polar surface area (TPSA) is 77.0 Å². The van der Waals surface area contributed by atoms with Crippen LogP contribution in [-0.4, -0.2) is 24.7 Å². The molecule has 4 aromatic rings. The zero-order chi connectivity index (χ0) is 21.5. The van der Waals surface area contributed by atoms with Crippen molar-refractivity contribution in [3.63, 3.8) is 0 Å². The minimum Gasteiger partial charge on any atom is -0.483 e. The fourth-order valence-corrected chi connectivity index (χ4v) is 3.45. The smallest absolute Gasteiger partial charge is 0.353 e. The lowest BCUT2D eigenvalue weighted by molar-refractivity contribution is -0.123. The van der Waals surface area contributed by atoms with Crippen LogP contribution in [0.3, 0.4) is 0 Å². The highest BCUT2D eigenvalue weighted by molar-refractivity contribution is 7.12. The minimum absolute atomic E-state index is 0.150. The van der Waals surface area contributed by atoms with Crippen molar-refractivity contribution in [2.24, 2.45) is 5.10 Å². The Balaban J connectivity index is 1.27. The molecule has 1 amide bonds. The molecule has 31 heavy (non-hydrogen) atoms. The van der Waals surface area contributed by atoms with Crippen molar-refractivity contribution in [3.05, 3.63) is 94.7 Å². The van der Waals surface area contributed by atoms with Gasteiger partial charge in [0, 0.05) is 5.39 Å².